The van der Waals surface area contributed by atoms with Crippen LogP contribution < -0.4 is 10.2 Å². The summed E-state index contributed by atoms with van der Waals surface area (Å²) < 4.78 is 13.3. The van der Waals surface area contributed by atoms with Gasteiger partial charge in [-0.3, -0.25) is 19.3 Å². The zero-order valence-corrected chi connectivity index (χ0v) is 13.1. The van der Waals surface area contributed by atoms with Crippen molar-refractivity contribution in [1.82, 2.24) is 0 Å². The van der Waals surface area contributed by atoms with E-state index in [-0.39, 0.29) is 6.54 Å². The van der Waals surface area contributed by atoms with Gasteiger partial charge in [-0.25, -0.2) is 4.39 Å². The molecular formula is C18H15FN2O4. The minimum absolute atomic E-state index is 0.166. The van der Waals surface area contributed by atoms with E-state index in [0.29, 0.717) is 16.9 Å². The van der Waals surface area contributed by atoms with Crippen LogP contribution in [-0.4, -0.2) is 35.9 Å². The van der Waals surface area contributed by atoms with Crippen molar-refractivity contribution in [2.24, 2.45) is 0 Å². The molecule has 0 saturated heterocycles. The van der Waals surface area contributed by atoms with Crippen molar-refractivity contribution in [2.75, 3.05) is 23.3 Å². The molecular weight excluding hydrogens is 327 g/mol. The molecule has 7 heteroatoms. The molecule has 0 fully saturated rings. The molecule has 1 amide bonds. The van der Waals surface area contributed by atoms with Gasteiger partial charge < -0.3 is 10.4 Å². The average molecular weight is 342 g/mol. The second kappa shape index (κ2) is 6.72. The van der Waals surface area contributed by atoms with E-state index in [9.17, 15) is 18.8 Å². The Hall–Kier alpha value is -3.22. The number of ketones is 1. The number of aliphatic carboxylic acids is 1. The third-order valence-electron chi connectivity index (χ3n) is 4.02. The average Bonchev–Trinajstić information content (AvgIpc) is 3.02. The molecule has 0 bridgehead atoms. The molecule has 2 aromatic carbocycles. The number of amides is 1. The number of rotatable bonds is 5. The van der Waals surface area contributed by atoms with Gasteiger partial charge in [-0.2, -0.15) is 0 Å². The van der Waals surface area contributed by atoms with E-state index < -0.39 is 35.9 Å². The van der Waals surface area contributed by atoms with Crippen molar-refractivity contribution in [3.63, 3.8) is 0 Å². The van der Waals surface area contributed by atoms with Crippen LogP contribution in [-0.2, 0) is 14.4 Å². The van der Waals surface area contributed by atoms with Crippen LogP contribution in [0, 0.1) is 5.82 Å². The molecule has 2 aromatic rings. The molecule has 0 spiro atoms. The van der Waals surface area contributed by atoms with Crippen LogP contribution >= 0.6 is 0 Å². The number of carboxylic acid groups (broad SMARTS) is 1. The second-order valence-electron chi connectivity index (χ2n) is 5.65. The van der Waals surface area contributed by atoms with Crippen molar-refractivity contribution in [1.29, 1.82) is 0 Å². The lowest BCUT2D eigenvalue weighted by atomic mass is 9.95. The Morgan fingerprint density at radius 1 is 1.16 bits per heavy atom. The number of carbonyl (C=O) groups is 3. The smallest absolute Gasteiger partial charge is 0.323 e. The molecule has 1 aliphatic rings. The van der Waals surface area contributed by atoms with E-state index in [1.54, 1.807) is 30.3 Å². The van der Waals surface area contributed by atoms with Crippen LogP contribution in [0.5, 0.6) is 0 Å². The van der Waals surface area contributed by atoms with Crippen LogP contribution in [0.2, 0.25) is 0 Å². The van der Waals surface area contributed by atoms with Crippen molar-refractivity contribution in [3.05, 3.63) is 59.9 Å². The van der Waals surface area contributed by atoms with Crippen molar-refractivity contribution in [3.8, 4) is 0 Å². The molecule has 128 valence electrons. The lowest BCUT2D eigenvalue weighted by molar-refractivity contribution is -0.139. The third-order valence-corrected chi connectivity index (χ3v) is 4.02. The highest BCUT2D eigenvalue weighted by Gasteiger charge is 2.36. The summed E-state index contributed by atoms with van der Waals surface area (Å²) in [5, 5.41) is 12.0. The van der Waals surface area contributed by atoms with Gasteiger partial charge in [0.15, 0.2) is 0 Å². The molecule has 25 heavy (non-hydrogen) atoms. The normalized spacial score (nSPS) is 15.2. The van der Waals surface area contributed by atoms with E-state index in [2.05, 4.69) is 5.32 Å². The highest BCUT2D eigenvalue weighted by Crippen LogP contribution is 2.33. The zero-order chi connectivity index (χ0) is 18.0. The fourth-order valence-electron chi connectivity index (χ4n) is 2.85. The maximum absolute atomic E-state index is 13.3. The highest BCUT2D eigenvalue weighted by atomic mass is 19.1. The maximum atomic E-state index is 13.3. The number of fused-ring (bicyclic) bond motifs is 1. The summed E-state index contributed by atoms with van der Waals surface area (Å²) in [6, 6.07) is 12.1. The zero-order valence-electron chi connectivity index (χ0n) is 13.1. The second-order valence-corrected chi connectivity index (χ2v) is 5.65. The summed E-state index contributed by atoms with van der Waals surface area (Å²) >= 11 is 0. The summed E-state index contributed by atoms with van der Waals surface area (Å²) in [4.78, 5) is 37.4. The van der Waals surface area contributed by atoms with Gasteiger partial charge in [0.25, 0.3) is 5.91 Å². The Morgan fingerprint density at radius 3 is 2.56 bits per heavy atom. The number of benzene rings is 2. The number of carboxylic acids is 1. The number of nitrogens with zero attached hydrogens (tertiary/aromatic N) is 1. The number of anilines is 2. The molecule has 0 aliphatic carbocycles. The lowest BCUT2D eigenvalue weighted by Gasteiger charge is -2.21. The van der Waals surface area contributed by atoms with Crippen molar-refractivity contribution in [2.45, 2.75) is 5.92 Å². The van der Waals surface area contributed by atoms with E-state index >= 15 is 0 Å². The van der Waals surface area contributed by atoms with Gasteiger partial charge in [-0.1, -0.05) is 24.3 Å². The van der Waals surface area contributed by atoms with Crippen molar-refractivity contribution < 1.29 is 23.9 Å². The number of nitrogens with one attached hydrogen (secondary N) is 1. The Morgan fingerprint density at radius 2 is 1.88 bits per heavy atom. The first-order valence-electron chi connectivity index (χ1n) is 7.63. The summed E-state index contributed by atoms with van der Waals surface area (Å²) in [7, 11) is 0. The number of carbonyl (C=O) groups excluding carboxylic acids is 2. The Bertz CT molecular complexity index is 838. The number of hydrogen-bond acceptors (Lipinski definition) is 4. The molecule has 2 N–H and O–H groups in total. The molecule has 1 unspecified atom stereocenters. The molecule has 0 aromatic heterocycles. The molecule has 1 aliphatic heterocycles. The van der Waals surface area contributed by atoms with Crippen LogP contribution in [0.4, 0.5) is 15.8 Å². The first kappa shape index (κ1) is 16.6. The van der Waals surface area contributed by atoms with Gasteiger partial charge in [0.1, 0.15) is 12.4 Å². The van der Waals surface area contributed by atoms with Crippen LogP contribution in [0.25, 0.3) is 0 Å². The third kappa shape index (κ3) is 3.35. The van der Waals surface area contributed by atoms with Gasteiger partial charge in [-0.15, -0.1) is 0 Å². The SMILES string of the molecule is O=C(O)CN(C(=O)C(=O)C1CNc2cc(F)ccc21)c1ccccc1. The van der Waals surface area contributed by atoms with Crippen LogP contribution in [0.15, 0.2) is 48.5 Å². The fraction of sp³-hybridized carbons (Fsp3) is 0.167. The topological polar surface area (TPSA) is 86.7 Å². The first-order valence-corrected chi connectivity index (χ1v) is 7.63. The van der Waals surface area contributed by atoms with Gasteiger partial charge in [0.05, 0.1) is 5.92 Å². The van der Waals surface area contributed by atoms with Gasteiger partial charge in [0, 0.05) is 17.9 Å². The predicted octanol–water partition coefficient (Wildman–Crippen LogP) is 2.02. The van der Waals surface area contributed by atoms with Crippen molar-refractivity contribution >= 4 is 29.0 Å². The lowest BCUT2D eigenvalue weighted by Crippen LogP contribution is -2.42. The fourth-order valence-corrected chi connectivity index (χ4v) is 2.85. The minimum atomic E-state index is -1.22. The molecule has 1 heterocycles. The maximum Gasteiger partial charge on any atom is 0.323 e. The Labute approximate surface area is 142 Å². The molecule has 3 rings (SSSR count). The molecule has 0 radical (unpaired) electrons. The molecule has 0 saturated carbocycles. The largest absolute Gasteiger partial charge is 0.480 e. The van der Waals surface area contributed by atoms with Crippen LogP contribution in [0.1, 0.15) is 11.5 Å². The van der Waals surface area contributed by atoms with Gasteiger partial charge in [0.2, 0.25) is 5.78 Å². The minimum Gasteiger partial charge on any atom is -0.480 e. The van der Waals surface area contributed by atoms with Crippen LogP contribution in [0.3, 0.4) is 0 Å². The Balaban J connectivity index is 1.88. The number of hydrogen-bond donors (Lipinski definition) is 2. The Kier molecular flexibility index (Phi) is 4.47. The quantitative estimate of drug-likeness (QED) is 0.812. The summed E-state index contributed by atoms with van der Waals surface area (Å²) in [6.45, 7) is -0.454. The highest BCUT2D eigenvalue weighted by molar-refractivity contribution is 6.43. The summed E-state index contributed by atoms with van der Waals surface area (Å²) in [5.74, 6) is -4.08. The number of halogens is 1. The molecule has 1 atom stereocenters. The van der Waals surface area contributed by atoms with E-state index in [0.717, 1.165) is 4.90 Å². The first-order chi connectivity index (χ1) is 12.0. The summed E-state index contributed by atoms with van der Waals surface area (Å²) in [5.41, 5.74) is 1.33. The standard InChI is InChI=1S/C18H15FN2O4/c19-11-6-7-13-14(9-20-15(13)8-11)17(24)18(25)21(10-16(22)23)12-4-2-1-3-5-12/h1-8,14,20H,9-10H2,(H,22,23). The van der Waals surface area contributed by atoms with Gasteiger partial charge in [-0.05, 0) is 29.8 Å². The predicted molar refractivity (Wildman–Crippen MR) is 89.1 cm³/mol. The molecule has 6 nitrogen and oxygen atoms in total. The number of para-hydroxylation sites is 1. The monoisotopic (exact) mass is 342 g/mol. The number of Topliss-reactive ketones (excluding diaryl/α,β-unsaturated/α-hetero) is 1. The summed E-state index contributed by atoms with van der Waals surface area (Å²) in [6.07, 6.45) is 0. The van der Waals surface area contributed by atoms with Gasteiger partial charge >= 0.3 is 5.97 Å². The van der Waals surface area contributed by atoms with E-state index in [4.69, 9.17) is 5.11 Å². The van der Waals surface area contributed by atoms with E-state index in [1.807, 2.05) is 0 Å². The van der Waals surface area contributed by atoms with E-state index in [1.165, 1.54) is 18.2 Å².